The monoisotopic (exact) mass is 369 g/mol. The summed E-state index contributed by atoms with van der Waals surface area (Å²) >= 11 is 1.62. The number of anilines is 1. The summed E-state index contributed by atoms with van der Waals surface area (Å²) in [5.41, 5.74) is 3.90. The van der Waals surface area contributed by atoms with Crippen molar-refractivity contribution in [1.82, 2.24) is 10.3 Å². The van der Waals surface area contributed by atoms with Crippen LogP contribution in [0.3, 0.4) is 0 Å². The minimum absolute atomic E-state index is 0.0461. The van der Waals surface area contributed by atoms with Gasteiger partial charge in [0.25, 0.3) is 0 Å². The average Bonchev–Trinajstić information content (AvgIpc) is 3.27. The molecule has 5 nitrogen and oxygen atoms in total. The first-order chi connectivity index (χ1) is 12.7. The first-order valence-electron chi connectivity index (χ1n) is 9.34. The van der Waals surface area contributed by atoms with Crippen molar-refractivity contribution >= 4 is 28.8 Å². The summed E-state index contributed by atoms with van der Waals surface area (Å²) in [5.74, 6) is 0.459. The number of hydrogen-bond donors (Lipinski definition) is 2. The predicted molar refractivity (Wildman–Crippen MR) is 103 cm³/mol. The van der Waals surface area contributed by atoms with Crippen molar-refractivity contribution in [3.8, 4) is 11.3 Å². The normalized spacial score (nSPS) is 17.0. The lowest BCUT2D eigenvalue weighted by Gasteiger charge is -2.20. The summed E-state index contributed by atoms with van der Waals surface area (Å²) in [6.45, 7) is 0.644. The number of fused-ring (bicyclic) bond motifs is 1. The zero-order chi connectivity index (χ0) is 17.9. The molecule has 0 unspecified atom stereocenters. The first kappa shape index (κ1) is 17.2. The molecule has 136 valence electrons. The Labute approximate surface area is 157 Å². The standard InChI is InChI=1S/C20H23N3O2S/c24-18-11-15-10-14(6-7-16(15)22-18)17-12-26-19(23-17)8-9-21-20(25)13-4-2-1-3-5-13/h6-7,10,12-13H,1-5,8-9,11H2,(H,21,25)(H,22,24). The van der Waals surface area contributed by atoms with Gasteiger partial charge in [-0.15, -0.1) is 11.3 Å². The van der Waals surface area contributed by atoms with Crippen LogP contribution in [0.25, 0.3) is 11.3 Å². The summed E-state index contributed by atoms with van der Waals surface area (Å²) in [6.07, 6.45) is 6.87. The van der Waals surface area contributed by atoms with Crippen molar-refractivity contribution < 1.29 is 9.59 Å². The van der Waals surface area contributed by atoms with Crippen molar-refractivity contribution in [2.45, 2.75) is 44.9 Å². The molecule has 0 bridgehead atoms. The van der Waals surface area contributed by atoms with Crippen molar-refractivity contribution in [1.29, 1.82) is 0 Å². The van der Waals surface area contributed by atoms with Gasteiger partial charge >= 0.3 is 0 Å². The van der Waals surface area contributed by atoms with Gasteiger partial charge in [-0.3, -0.25) is 9.59 Å². The maximum absolute atomic E-state index is 12.2. The second-order valence-electron chi connectivity index (χ2n) is 7.10. The Hall–Kier alpha value is -2.21. The highest BCUT2D eigenvalue weighted by molar-refractivity contribution is 7.09. The van der Waals surface area contributed by atoms with E-state index in [2.05, 4.69) is 10.6 Å². The van der Waals surface area contributed by atoms with Crippen LogP contribution in [-0.4, -0.2) is 23.3 Å². The predicted octanol–water partition coefficient (Wildman–Crippen LogP) is 3.54. The van der Waals surface area contributed by atoms with E-state index in [0.29, 0.717) is 13.0 Å². The topological polar surface area (TPSA) is 71.1 Å². The highest BCUT2D eigenvalue weighted by Gasteiger charge is 2.21. The maximum atomic E-state index is 12.2. The van der Waals surface area contributed by atoms with E-state index in [4.69, 9.17) is 4.98 Å². The number of carbonyl (C=O) groups is 2. The lowest BCUT2D eigenvalue weighted by Crippen LogP contribution is -2.33. The third kappa shape index (κ3) is 3.80. The van der Waals surface area contributed by atoms with Crippen LogP contribution in [0.2, 0.25) is 0 Å². The molecular formula is C20H23N3O2S. The van der Waals surface area contributed by atoms with E-state index in [9.17, 15) is 9.59 Å². The highest BCUT2D eigenvalue weighted by atomic mass is 32.1. The first-order valence-corrected chi connectivity index (χ1v) is 10.2. The van der Waals surface area contributed by atoms with Crippen LogP contribution in [0.4, 0.5) is 5.69 Å². The number of amides is 2. The van der Waals surface area contributed by atoms with Crippen LogP contribution in [0.5, 0.6) is 0 Å². The molecule has 1 saturated carbocycles. The Balaban J connectivity index is 1.33. The smallest absolute Gasteiger partial charge is 0.228 e. The van der Waals surface area contributed by atoms with Gasteiger partial charge in [0.05, 0.1) is 17.1 Å². The van der Waals surface area contributed by atoms with E-state index in [1.807, 2.05) is 23.6 Å². The molecule has 2 N–H and O–H groups in total. The average molecular weight is 369 g/mol. The van der Waals surface area contributed by atoms with Crippen LogP contribution in [0.15, 0.2) is 23.6 Å². The fourth-order valence-corrected chi connectivity index (χ4v) is 4.56. The number of thiazole rings is 1. The quantitative estimate of drug-likeness (QED) is 0.847. The molecule has 0 spiro atoms. The molecule has 6 heteroatoms. The van der Waals surface area contributed by atoms with Crippen molar-refractivity contribution in [2.24, 2.45) is 5.92 Å². The third-order valence-electron chi connectivity index (χ3n) is 5.19. The van der Waals surface area contributed by atoms with Crippen molar-refractivity contribution in [3.05, 3.63) is 34.2 Å². The molecule has 0 radical (unpaired) electrons. The lowest BCUT2D eigenvalue weighted by molar-refractivity contribution is -0.125. The zero-order valence-electron chi connectivity index (χ0n) is 14.7. The lowest BCUT2D eigenvalue weighted by atomic mass is 9.89. The van der Waals surface area contributed by atoms with E-state index >= 15 is 0 Å². The third-order valence-corrected chi connectivity index (χ3v) is 6.10. The second kappa shape index (κ2) is 7.58. The van der Waals surface area contributed by atoms with Gasteiger partial charge in [0.2, 0.25) is 11.8 Å². The van der Waals surface area contributed by atoms with Crippen LogP contribution in [0, 0.1) is 5.92 Å². The van der Waals surface area contributed by atoms with Crippen molar-refractivity contribution in [2.75, 3.05) is 11.9 Å². The minimum Gasteiger partial charge on any atom is -0.355 e. The molecule has 1 aliphatic heterocycles. The summed E-state index contributed by atoms with van der Waals surface area (Å²) < 4.78 is 0. The summed E-state index contributed by atoms with van der Waals surface area (Å²) in [6, 6.07) is 5.98. The fourth-order valence-electron chi connectivity index (χ4n) is 3.75. The van der Waals surface area contributed by atoms with Crippen LogP contribution in [0.1, 0.15) is 42.7 Å². The molecule has 1 aromatic heterocycles. The number of rotatable bonds is 5. The van der Waals surface area contributed by atoms with Gasteiger partial charge in [-0.05, 0) is 30.5 Å². The Bertz CT molecular complexity index is 824. The molecule has 2 heterocycles. The van der Waals surface area contributed by atoms with Crippen LogP contribution in [-0.2, 0) is 22.4 Å². The molecule has 1 aliphatic carbocycles. The molecule has 2 amide bonds. The van der Waals surface area contributed by atoms with E-state index in [1.165, 1.54) is 19.3 Å². The van der Waals surface area contributed by atoms with Gasteiger partial charge < -0.3 is 10.6 Å². The molecule has 1 fully saturated rings. The molecule has 1 aromatic carbocycles. The Morgan fingerprint density at radius 1 is 1.27 bits per heavy atom. The second-order valence-corrected chi connectivity index (χ2v) is 8.04. The Morgan fingerprint density at radius 2 is 2.12 bits per heavy atom. The van der Waals surface area contributed by atoms with Crippen molar-refractivity contribution in [3.63, 3.8) is 0 Å². The molecule has 4 rings (SSSR count). The summed E-state index contributed by atoms with van der Waals surface area (Å²) in [4.78, 5) is 28.4. The number of aromatic nitrogens is 1. The highest BCUT2D eigenvalue weighted by Crippen LogP contribution is 2.30. The number of nitrogens with one attached hydrogen (secondary N) is 2. The van der Waals surface area contributed by atoms with E-state index < -0.39 is 0 Å². The molecule has 0 saturated heterocycles. The van der Waals surface area contributed by atoms with E-state index in [-0.39, 0.29) is 17.7 Å². The number of nitrogens with zero attached hydrogens (tertiary/aromatic N) is 1. The van der Waals surface area contributed by atoms with E-state index in [1.54, 1.807) is 11.3 Å². The Kier molecular flexibility index (Phi) is 5.02. The zero-order valence-corrected chi connectivity index (χ0v) is 15.5. The van der Waals surface area contributed by atoms with Gasteiger partial charge in [0.1, 0.15) is 0 Å². The van der Waals surface area contributed by atoms with Gasteiger partial charge in [0.15, 0.2) is 0 Å². The number of benzene rings is 1. The minimum atomic E-state index is 0.0461. The molecule has 26 heavy (non-hydrogen) atoms. The van der Waals surface area contributed by atoms with Gasteiger partial charge in [-0.25, -0.2) is 4.98 Å². The largest absolute Gasteiger partial charge is 0.355 e. The molecule has 2 aromatic rings. The molecular weight excluding hydrogens is 346 g/mol. The maximum Gasteiger partial charge on any atom is 0.228 e. The summed E-state index contributed by atoms with van der Waals surface area (Å²) in [5, 5.41) is 8.99. The van der Waals surface area contributed by atoms with E-state index in [0.717, 1.165) is 46.8 Å². The van der Waals surface area contributed by atoms with Crippen LogP contribution >= 0.6 is 11.3 Å². The Morgan fingerprint density at radius 3 is 2.96 bits per heavy atom. The van der Waals surface area contributed by atoms with Gasteiger partial charge in [-0.2, -0.15) is 0 Å². The number of hydrogen-bond acceptors (Lipinski definition) is 4. The molecule has 2 aliphatic rings. The van der Waals surface area contributed by atoms with Gasteiger partial charge in [-0.1, -0.05) is 25.3 Å². The van der Waals surface area contributed by atoms with Crippen LogP contribution < -0.4 is 10.6 Å². The number of carbonyl (C=O) groups excluding carboxylic acids is 2. The fraction of sp³-hybridized carbons (Fsp3) is 0.450. The van der Waals surface area contributed by atoms with Gasteiger partial charge in [0, 0.05) is 35.5 Å². The SMILES string of the molecule is O=C1Cc2cc(-c3csc(CCNC(=O)C4CCCCC4)n3)ccc2N1. The molecule has 0 atom stereocenters. The summed E-state index contributed by atoms with van der Waals surface area (Å²) in [7, 11) is 0.